The molecule has 0 heterocycles. The largest absolute Gasteiger partial charge is 2.00 e. The first-order chi connectivity index (χ1) is 7.11. The molecule has 0 aromatic rings. The second-order valence-electron chi connectivity index (χ2n) is 4.04. The van der Waals surface area contributed by atoms with E-state index >= 15 is 0 Å². The van der Waals surface area contributed by atoms with E-state index in [1.165, 1.54) is 41.9 Å². The van der Waals surface area contributed by atoms with Gasteiger partial charge < -0.3 is 40.5 Å². The summed E-state index contributed by atoms with van der Waals surface area (Å²) in [6, 6.07) is 0. The minimum Gasteiger partial charge on any atom is -1.00 e. The van der Waals surface area contributed by atoms with Crippen molar-refractivity contribution in [1.29, 1.82) is 0 Å². The zero-order valence-corrected chi connectivity index (χ0v) is 16.6. The Kier molecular flexibility index (Phi) is 22.0. The van der Waals surface area contributed by atoms with E-state index in [-0.39, 0.29) is 40.0 Å². The van der Waals surface area contributed by atoms with Crippen molar-refractivity contribution in [2.24, 2.45) is 0 Å². The Hall–Kier alpha value is 1.69. The van der Waals surface area contributed by atoms with Crippen LogP contribution in [-0.2, 0) is 0 Å². The van der Waals surface area contributed by atoms with Crippen LogP contribution in [0.15, 0.2) is 11.1 Å². The average Bonchev–Trinajstić information content (AvgIpc) is 2.21. The zero-order chi connectivity index (χ0) is 11.7. The second kappa shape index (κ2) is 15.7. The summed E-state index contributed by atoms with van der Waals surface area (Å²) in [5.41, 5.74) is 3.00. The quantitative estimate of drug-likeness (QED) is 0.374. The molecular formula is C13H25BrMgS2. The minimum atomic E-state index is 0. The Morgan fingerprint density at radius 1 is 1.00 bits per heavy atom. The number of allylic oxidation sites excluding steroid dienone is 1. The summed E-state index contributed by atoms with van der Waals surface area (Å²) in [5, 5.41) is 0. The maximum atomic E-state index is 2.26. The van der Waals surface area contributed by atoms with Crippen LogP contribution < -0.4 is 17.0 Å². The molecule has 0 fully saturated rings. The van der Waals surface area contributed by atoms with Crippen molar-refractivity contribution >= 4 is 46.6 Å². The SMILES string of the molecule is CCCS[C-](CCC)SCC(C)=C(C)C.[Br-].[Mg+2]. The van der Waals surface area contributed by atoms with Crippen LogP contribution >= 0.6 is 23.5 Å². The Bertz CT molecular complexity index is 192. The Morgan fingerprint density at radius 2 is 1.59 bits per heavy atom. The van der Waals surface area contributed by atoms with E-state index in [2.05, 4.69) is 46.4 Å². The molecule has 0 unspecified atom stereocenters. The van der Waals surface area contributed by atoms with Gasteiger partial charge in [-0.15, -0.1) is 0 Å². The van der Waals surface area contributed by atoms with Crippen molar-refractivity contribution in [3.8, 4) is 0 Å². The Morgan fingerprint density at radius 3 is 2.00 bits per heavy atom. The molecule has 4 heteroatoms. The first-order valence-corrected chi connectivity index (χ1v) is 7.83. The van der Waals surface area contributed by atoms with Gasteiger partial charge in [-0.1, -0.05) is 31.4 Å². The van der Waals surface area contributed by atoms with Gasteiger partial charge in [0.25, 0.3) is 0 Å². The molecule has 0 aromatic heterocycles. The number of hydrogen-bond acceptors (Lipinski definition) is 2. The van der Waals surface area contributed by atoms with Crippen LogP contribution in [0.3, 0.4) is 0 Å². The van der Waals surface area contributed by atoms with Crippen LogP contribution in [-0.4, -0.2) is 34.6 Å². The summed E-state index contributed by atoms with van der Waals surface area (Å²) in [5.74, 6) is 2.45. The molecule has 0 saturated heterocycles. The number of hydrogen-bond donors (Lipinski definition) is 0. The van der Waals surface area contributed by atoms with Crippen molar-refractivity contribution in [2.45, 2.75) is 53.9 Å². The molecule has 0 amide bonds. The summed E-state index contributed by atoms with van der Waals surface area (Å²) < 4.78 is 1.62. The van der Waals surface area contributed by atoms with Crippen LogP contribution in [0.1, 0.15) is 53.9 Å². The van der Waals surface area contributed by atoms with Gasteiger partial charge in [0.05, 0.1) is 0 Å². The fraction of sp³-hybridized carbons (Fsp3) is 0.769. The number of rotatable bonds is 8. The predicted molar refractivity (Wildman–Crippen MR) is 83.2 cm³/mol. The number of thioether (sulfide) groups is 2. The predicted octanol–water partition coefficient (Wildman–Crippen LogP) is 2.13. The van der Waals surface area contributed by atoms with Crippen LogP contribution in [0.25, 0.3) is 0 Å². The van der Waals surface area contributed by atoms with Crippen LogP contribution in [0.5, 0.6) is 0 Å². The van der Waals surface area contributed by atoms with E-state index in [9.17, 15) is 0 Å². The van der Waals surface area contributed by atoms with Gasteiger partial charge in [-0.05, 0) is 38.7 Å². The summed E-state index contributed by atoms with van der Waals surface area (Å²) in [6.45, 7) is 11.2. The monoisotopic (exact) mass is 348 g/mol. The average molecular weight is 350 g/mol. The third kappa shape index (κ3) is 13.9. The van der Waals surface area contributed by atoms with Crippen LogP contribution in [0.2, 0.25) is 0 Å². The van der Waals surface area contributed by atoms with E-state index in [1.807, 2.05) is 11.8 Å². The maximum Gasteiger partial charge on any atom is 2.00 e. The molecular weight excluding hydrogens is 324 g/mol. The molecule has 0 atom stereocenters. The van der Waals surface area contributed by atoms with Crippen molar-refractivity contribution in [1.82, 2.24) is 0 Å². The zero-order valence-electron chi connectivity index (χ0n) is 11.9. The Balaban J connectivity index is -0.000000980. The molecule has 0 aromatic carbocycles. The van der Waals surface area contributed by atoms with Crippen molar-refractivity contribution < 1.29 is 17.0 Å². The fourth-order valence-electron chi connectivity index (χ4n) is 0.939. The van der Waals surface area contributed by atoms with E-state index < -0.39 is 0 Å². The molecule has 0 nitrogen and oxygen atoms in total. The summed E-state index contributed by atoms with van der Waals surface area (Å²) >= 11 is 4.10. The van der Waals surface area contributed by atoms with Gasteiger partial charge in [0.2, 0.25) is 0 Å². The number of halogens is 1. The first-order valence-electron chi connectivity index (χ1n) is 5.86. The van der Waals surface area contributed by atoms with Crippen molar-refractivity contribution in [3.05, 3.63) is 15.7 Å². The summed E-state index contributed by atoms with van der Waals surface area (Å²) in [4.78, 5) is 0. The molecule has 0 radical (unpaired) electrons. The standard InChI is InChI=1S/C13H25S2.BrH.Mg/c1-6-8-13(14-9-7-2)15-10-12(5)11(3)4;;/h6-10H2,1-5H3;1H;/q-1;;+2/p-1. The molecule has 0 spiro atoms. The van der Waals surface area contributed by atoms with Crippen molar-refractivity contribution in [2.75, 3.05) is 11.5 Å². The molecule has 0 aliphatic rings. The van der Waals surface area contributed by atoms with E-state index in [0.717, 1.165) is 0 Å². The van der Waals surface area contributed by atoms with Gasteiger partial charge in [0.15, 0.2) is 0 Å². The van der Waals surface area contributed by atoms with E-state index in [1.54, 1.807) is 4.58 Å². The topological polar surface area (TPSA) is 0 Å². The van der Waals surface area contributed by atoms with Gasteiger partial charge in [-0.25, -0.2) is 4.58 Å². The first kappa shape index (κ1) is 23.8. The van der Waals surface area contributed by atoms with Crippen molar-refractivity contribution in [3.63, 3.8) is 0 Å². The van der Waals surface area contributed by atoms with Crippen LogP contribution in [0, 0.1) is 4.58 Å². The molecule has 17 heavy (non-hydrogen) atoms. The smallest absolute Gasteiger partial charge is 1.00 e. The summed E-state index contributed by atoms with van der Waals surface area (Å²) in [7, 11) is 0. The molecule has 0 aliphatic heterocycles. The normalized spacial score (nSPS) is 9.53. The molecule has 0 N–H and O–H groups in total. The third-order valence-corrected chi connectivity index (χ3v) is 5.17. The molecule has 0 aliphatic carbocycles. The van der Waals surface area contributed by atoms with Crippen LogP contribution in [0.4, 0.5) is 0 Å². The molecule has 0 bridgehead atoms. The van der Waals surface area contributed by atoms with Gasteiger partial charge in [-0.3, -0.25) is 0 Å². The van der Waals surface area contributed by atoms with E-state index in [0.29, 0.717) is 0 Å². The summed E-state index contributed by atoms with van der Waals surface area (Å²) in [6.07, 6.45) is 3.82. The third-order valence-electron chi connectivity index (χ3n) is 2.22. The van der Waals surface area contributed by atoms with Gasteiger partial charge in [0, 0.05) is 0 Å². The second-order valence-corrected chi connectivity index (χ2v) is 6.56. The van der Waals surface area contributed by atoms with Gasteiger partial charge in [-0.2, -0.15) is 6.42 Å². The minimum absolute atomic E-state index is 0. The molecule has 98 valence electrons. The van der Waals surface area contributed by atoms with Gasteiger partial charge in [0.1, 0.15) is 0 Å². The molecule has 0 rings (SSSR count). The Labute approximate surface area is 143 Å². The fourth-order valence-corrected chi connectivity index (χ4v) is 3.49. The molecule has 0 saturated carbocycles. The van der Waals surface area contributed by atoms with Gasteiger partial charge >= 0.3 is 23.1 Å². The maximum absolute atomic E-state index is 2.26. The van der Waals surface area contributed by atoms with E-state index in [4.69, 9.17) is 0 Å².